The van der Waals surface area contributed by atoms with Crippen LogP contribution in [0.4, 0.5) is 26.3 Å². The van der Waals surface area contributed by atoms with Crippen molar-refractivity contribution in [2.24, 2.45) is 5.92 Å². The topological polar surface area (TPSA) is 131 Å². The molecular formula is C21H25F6N5O5. The zero-order chi connectivity index (χ0) is 27.6. The standard InChI is InChI=1S/C17H23N5O.2C2HF3O2/c1-3-15(9-18-6-1)10-21-7-2-8-22-17(11-21)16(19-20-22)13-23-12-14-4-5-14;2*3-2(4,5)1(6)7/h1,3,6,9,14H,2,4-5,7-8,10-13H2;2*(H,6,7). The lowest BCUT2D eigenvalue weighted by atomic mass is 10.2. The quantitative estimate of drug-likeness (QED) is 0.529. The van der Waals surface area contributed by atoms with Gasteiger partial charge >= 0.3 is 24.3 Å². The molecule has 4 rings (SSSR count). The summed E-state index contributed by atoms with van der Waals surface area (Å²) in [7, 11) is 0. The molecule has 0 saturated heterocycles. The number of aromatic nitrogens is 4. The summed E-state index contributed by atoms with van der Waals surface area (Å²) in [6.45, 7) is 5.26. The first kappa shape index (κ1) is 30.0. The average molecular weight is 541 g/mol. The molecule has 206 valence electrons. The van der Waals surface area contributed by atoms with E-state index in [9.17, 15) is 26.3 Å². The molecule has 2 aromatic heterocycles. The number of ether oxygens (including phenoxy) is 1. The highest BCUT2D eigenvalue weighted by Gasteiger charge is 2.38. The van der Waals surface area contributed by atoms with Gasteiger partial charge in [0, 0.05) is 45.2 Å². The number of nitrogens with zero attached hydrogens (tertiary/aromatic N) is 5. The van der Waals surface area contributed by atoms with Gasteiger partial charge in [-0.05, 0) is 36.8 Å². The van der Waals surface area contributed by atoms with Crippen LogP contribution < -0.4 is 0 Å². The van der Waals surface area contributed by atoms with E-state index in [0.29, 0.717) is 6.61 Å². The minimum Gasteiger partial charge on any atom is -0.475 e. The van der Waals surface area contributed by atoms with E-state index >= 15 is 0 Å². The summed E-state index contributed by atoms with van der Waals surface area (Å²) in [6.07, 6.45) is -2.67. The van der Waals surface area contributed by atoms with E-state index in [1.807, 2.05) is 18.5 Å². The zero-order valence-electron chi connectivity index (χ0n) is 19.4. The number of hydrogen-bond acceptors (Lipinski definition) is 7. The number of hydrogen-bond donors (Lipinski definition) is 2. The van der Waals surface area contributed by atoms with Crippen LogP contribution in [0.2, 0.25) is 0 Å². The molecular weight excluding hydrogens is 516 g/mol. The summed E-state index contributed by atoms with van der Waals surface area (Å²) in [5.41, 5.74) is 3.46. The predicted molar refractivity (Wildman–Crippen MR) is 113 cm³/mol. The van der Waals surface area contributed by atoms with Crippen LogP contribution in [0, 0.1) is 5.92 Å². The van der Waals surface area contributed by atoms with Crippen LogP contribution >= 0.6 is 0 Å². The number of pyridine rings is 1. The van der Waals surface area contributed by atoms with Crippen LogP contribution in [0.15, 0.2) is 24.5 Å². The van der Waals surface area contributed by atoms with Gasteiger partial charge in [-0.15, -0.1) is 5.10 Å². The Morgan fingerprint density at radius 1 is 1.05 bits per heavy atom. The third kappa shape index (κ3) is 11.1. The van der Waals surface area contributed by atoms with Crippen molar-refractivity contribution in [3.05, 3.63) is 41.5 Å². The Morgan fingerprint density at radius 2 is 1.68 bits per heavy atom. The molecule has 0 unspecified atom stereocenters. The number of aryl methyl sites for hydroxylation is 1. The molecule has 16 heteroatoms. The Labute approximate surface area is 206 Å². The molecule has 10 nitrogen and oxygen atoms in total. The van der Waals surface area contributed by atoms with Gasteiger partial charge in [-0.3, -0.25) is 9.88 Å². The van der Waals surface area contributed by atoms with E-state index in [-0.39, 0.29) is 0 Å². The number of carbonyl (C=O) groups is 2. The number of halogens is 6. The highest BCUT2D eigenvalue weighted by molar-refractivity contribution is 5.73. The molecule has 0 atom stereocenters. The van der Waals surface area contributed by atoms with Gasteiger partial charge < -0.3 is 14.9 Å². The molecule has 1 aliphatic heterocycles. The molecule has 0 spiro atoms. The third-order valence-electron chi connectivity index (χ3n) is 5.04. The predicted octanol–water partition coefficient (Wildman–Crippen LogP) is 3.27. The SMILES string of the molecule is O=C(O)C(F)(F)F.O=C(O)C(F)(F)F.c1cncc(CN2CCCn3nnc(COCC4CC4)c3C2)c1. The van der Waals surface area contributed by atoms with Gasteiger partial charge in [-0.25, -0.2) is 14.3 Å². The molecule has 0 amide bonds. The van der Waals surface area contributed by atoms with E-state index in [1.165, 1.54) is 24.1 Å². The van der Waals surface area contributed by atoms with Crippen molar-refractivity contribution in [3.63, 3.8) is 0 Å². The zero-order valence-corrected chi connectivity index (χ0v) is 19.4. The fourth-order valence-electron chi connectivity index (χ4n) is 3.06. The Balaban J connectivity index is 0.000000286. The number of fused-ring (bicyclic) bond motifs is 1. The Kier molecular flexibility index (Phi) is 10.8. The van der Waals surface area contributed by atoms with Crippen molar-refractivity contribution in [2.75, 3.05) is 13.2 Å². The Hall–Kier alpha value is -3.27. The van der Waals surface area contributed by atoms with E-state index < -0.39 is 24.3 Å². The number of rotatable bonds is 6. The molecule has 0 bridgehead atoms. The first-order valence-electron chi connectivity index (χ1n) is 11.0. The van der Waals surface area contributed by atoms with Gasteiger partial charge in [-0.1, -0.05) is 11.3 Å². The molecule has 2 aliphatic rings. The summed E-state index contributed by atoms with van der Waals surface area (Å²) in [5, 5.41) is 22.9. The molecule has 2 aromatic rings. The van der Waals surface area contributed by atoms with E-state index in [2.05, 4.69) is 30.9 Å². The van der Waals surface area contributed by atoms with E-state index in [0.717, 1.165) is 50.8 Å². The first-order valence-corrected chi connectivity index (χ1v) is 11.0. The fourth-order valence-corrected chi connectivity index (χ4v) is 3.06. The molecule has 1 aliphatic carbocycles. The van der Waals surface area contributed by atoms with Gasteiger partial charge in [0.2, 0.25) is 0 Å². The van der Waals surface area contributed by atoms with Crippen LogP contribution in [-0.4, -0.2) is 72.5 Å². The summed E-state index contributed by atoms with van der Waals surface area (Å²) in [6, 6.07) is 4.13. The van der Waals surface area contributed by atoms with Crippen LogP contribution in [-0.2, 0) is 40.6 Å². The van der Waals surface area contributed by atoms with Crippen LogP contribution in [0.3, 0.4) is 0 Å². The van der Waals surface area contributed by atoms with Gasteiger partial charge in [-0.2, -0.15) is 26.3 Å². The summed E-state index contributed by atoms with van der Waals surface area (Å²) < 4.78 is 71.3. The third-order valence-corrected chi connectivity index (χ3v) is 5.04. The summed E-state index contributed by atoms with van der Waals surface area (Å²) in [4.78, 5) is 24.5. The van der Waals surface area contributed by atoms with Gasteiger partial charge in [0.25, 0.3) is 0 Å². The lowest BCUT2D eigenvalue weighted by Crippen LogP contribution is -2.23. The van der Waals surface area contributed by atoms with Crippen molar-refractivity contribution in [3.8, 4) is 0 Å². The second kappa shape index (κ2) is 13.3. The number of carboxylic acid groups (broad SMARTS) is 2. The highest BCUT2D eigenvalue weighted by Crippen LogP contribution is 2.29. The molecule has 37 heavy (non-hydrogen) atoms. The fraction of sp³-hybridized carbons (Fsp3) is 0.571. The van der Waals surface area contributed by atoms with Crippen molar-refractivity contribution in [1.82, 2.24) is 24.9 Å². The number of aliphatic carboxylic acids is 2. The van der Waals surface area contributed by atoms with Crippen molar-refractivity contribution in [1.29, 1.82) is 0 Å². The highest BCUT2D eigenvalue weighted by atomic mass is 19.4. The monoisotopic (exact) mass is 541 g/mol. The summed E-state index contributed by atoms with van der Waals surface area (Å²) in [5.74, 6) is -4.73. The molecule has 1 saturated carbocycles. The minimum atomic E-state index is -5.08. The molecule has 3 heterocycles. The number of alkyl halides is 6. The van der Waals surface area contributed by atoms with Crippen molar-refractivity contribution in [2.45, 2.75) is 57.9 Å². The van der Waals surface area contributed by atoms with Crippen molar-refractivity contribution < 1.29 is 50.9 Å². The normalized spacial score (nSPS) is 15.8. The maximum atomic E-state index is 10.6. The van der Waals surface area contributed by atoms with Crippen molar-refractivity contribution >= 4 is 11.9 Å². The maximum absolute atomic E-state index is 10.6. The van der Waals surface area contributed by atoms with E-state index in [4.69, 9.17) is 24.5 Å². The largest absolute Gasteiger partial charge is 0.490 e. The minimum absolute atomic E-state index is 0.590. The Bertz CT molecular complexity index is 987. The summed E-state index contributed by atoms with van der Waals surface area (Å²) >= 11 is 0. The second-order valence-electron chi connectivity index (χ2n) is 8.20. The lowest BCUT2D eigenvalue weighted by Gasteiger charge is -2.19. The Morgan fingerprint density at radius 3 is 2.19 bits per heavy atom. The van der Waals surface area contributed by atoms with Crippen LogP contribution in [0.1, 0.15) is 36.2 Å². The maximum Gasteiger partial charge on any atom is 0.490 e. The number of carboxylic acids is 2. The van der Waals surface area contributed by atoms with Gasteiger partial charge in [0.05, 0.1) is 12.3 Å². The smallest absolute Gasteiger partial charge is 0.475 e. The first-order chi connectivity index (χ1) is 17.3. The molecule has 0 aromatic carbocycles. The molecule has 2 N–H and O–H groups in total. The van der Waals surface area contributed by atoms with Gasteiger partial charge in [0.1, 0.15) is 5.69 Å². The van der Waals surface area contributed by atoms with Crippen LogP contribution in [0.5, 0.6) is 0 Å². The lowest BCUT2D eigenvalue weighted by molar-refractivity contribution is -0.193. The molecule has 0 radical (unpaired) electrons. The van der Waals surface area contributed by atoms with E-state index in [1.54, 1.807) is 0 Å². The molecule has 1 fully saturated rings. The van der Waals surface area contributed by atoms with Gasteiger partial charge in [0.15, 0.2) is 0 Å². The van der Waals surface area contributed by atoms with Crippen LogP contribution in [0.25, 0.3) is 0 Å². The average Bonchev–Trinajstić information content (AvgIpc) is 3.59. The second-order valence-corrected chi connectivity index (χ2v) is 8.20.